The first-order valence-corrected chi connectivity index (χ1v) is 9.22. The molecule has 1 amide bonds. The van der Waals surface area contributed by atoms with Gasteiger partial charge in [-0.2, -0.15) is 0 Å². The Morgan fingerprint density at radius 2 is 1.60 bits per heavy atom. The highest BCUT2D eigenvalue weighted by molar-refractivity contribution is 8.00. The smallest absolute Gasteiger partial charge is 0.224 e. The summed E-state index contributed by atoms with van der Waals surface area (Å²) in [7, 11) is 4.11. The van der Waals surface area contributed by atoms with E-state index in [1.807, 2.05) is 65.3 Å². The number of piperidine rings is 1. The number of thioether (sulfide) groups is 1. The van der Waals surface area contributed by atoms with Crippen molar-refractivity contribution < 1.29 is 4.79 Å². The summed E-state index contributed by atoms with van der Waals surface area (Å²) in [4.78, 5) is 16.1. The van der Waals surface area contributed by atoms with Crippen molar-refractivity contribution in [1.29, 1.82) is 0 Å². The normalized spacial score (nSPS) is 25.6. The van der Waals surface area contributed by atoms with Crippen LogP contribution < -0.4 is 0 Å². The maximum Gasteiger partial charge on any atom is 0.224 e. The molecular formula is C16H36N2OS. The number of hydrogen-bond donors (Lipinski definition) is 0. The predicted molar refractivity (Wildman–Crippen MR) is 93.4 cm³/mol. The largest absolute Gasteiger partial charge is 0.330 e. The fraction of sp³-hybridized carbons (Fsp3) is 0.938. The van der Waals surface area contributed by atoms with Crippen LogP contribution in [0.4, 0.5) is 0 Å². The molecule has 2 aliphatic rings. The number of carbonyl (C=O) groups is 1. The number of likely N-dealkylation sites (tertiary alicyclic amines) is 1. The van der Waals surface area contributed by atoms with E-state index in [2.05, 4.69) is 11.9 Å². The first kappa shape index (κ1) is 22.1. The maximum absolute atomic E-state index is 11.7. The first-order chi connectivity index (χ1) is 9.64. The molecule has 1 spiro atoms. The van der Waals surface area contributed by atoms with Gasteiger partial charge in [0.2, 0.25) is 5.91 Å². The zero-order chi connectivity index (χ0) is 16.2. The lowest BCUT2D eigenvalue weighted by atomic mass is 10.0. The molecule has 2 aliphatic heterocycles. The molecule has 3 nitrogen and oxygen atoms in total. The highest BCUT2D eigenvalue weighted by atomic mass is 32.2. The van der Waals surface area contributed by atoms with Crippen molar-refractivity contribution >= 4 is 17.7 Å². The summed E-state index contributed by atoms with van der Waals surface area (Å²) in [6, 6.07) is 0. The third kappa shape index (κ3) is 6.04. The van der Waals surface area contributed by atoms with Gasteiger partial charge < -0.3 is 9.80 Å². The van der Waals surface area contributed by atoms with Crippen molar-refractivity contribution in [2.24, 2.45) is 0 Å². The predicted octanol–water partition coefficient (Wildman–Crippen LogP) is 4.08. The minimum atomic E-state index is 0.0856. The Kier molecular flexibility index (Phi) is 13.8. The van der Waals surface area contributed by atoms with Crippen LogP contribution in [0.25, 0.3) is 0 Å². The number of carbonyl (C=O) groups excluding carboxylic acids is 1. The van der Waals surface area contributed by atoms with Crippen LogP contribution in [-0.2, 0) is 4.79 Å². The fourth-order valence-electron chi connectivity index (χ4n) is 2.42. The van der Waals surface area contributed by atoms with Crippen LogP contribution in [0.3, 0.4) is 0 Å². The lowest BCUT2D eigenvalue weighted by Gasteiger charge is -2.49. The summed E-state index contributed by atoms with van der Waals surface area (Å²) in [6.07, 6.45) is 3.08. The molecular weight excluding hydrogens is 268 g/mol. The van der Waals surface area contributed by atoms with Crippen molar-refractivity contribution in [3.63, 3.8) is 0 Å². The molecule has 0 aromatic carbocycles. The van der Waals surface area contributed by atoms with E-state index in [1.165, 1.54) is 13.0 Å². The highest BCUT2D eigenvalue weighted by Gasteiger charge is 2.43. The Morgan fingerprint density at radius 1 is 1.05 bits per heavy atom. The third-order valence-corrected chi connectivity index (χ3v) is 4.85. The van der Waals surface area contributed by atoms with E-state index in [0.29, 0.717) is 12.3 Å². The molecule has 2 rings (SSSR count). The highest BCUT2D eigenvalue weighted by Crippen LogP contribution is 2.40. The van der Waals surface area contributed by atoms with E-state index in [-0.39, 0.29) is 4.87 Å². The van der Waals surface area contributed by atoms with Gasteiger partial charge in [0.1, 0.15) is 4.87 Å². The van der Waals surface area contributed by atoms with Crippen LogP contribution in [0.5, 0.6) is 0 Å². The molecule has 2 fully saturated rings. The van der Waals surface area contributed by atoms with E-state index in [9.17, 15) is 4.79 Å². The summed E-state index contributed by atoms with van der Waals surface area (Å²) in [5, 5.41) is 0. The number of amides is 1. The van der Waals surface area contributed by atoms with Gasteiger partial charge in [0.05, 0.1) is 0 Å². The summed E-state index contributed by atoms with van der Waals surface area (Å²) in [6.45, 7) is 14.2. The number of hydrogen-bond acceptors (Lipinski definition) is 3. The SMILES string of the molecule is CC.CC.CC.CN1CCCC2(C1)SCCC(=O)N2C. The van der Waals surface area contributed by atoms with Crippen LogP contribution in [0.2, 0.25) is 0 Å². The molecule has 2 heterocycles. The Hall–Kier alpha value is -0.220. The number of nitrogens with zero attached hydrogens (tertiary/aromatic N) is 2. The van der Waals surface area contributed by atoms with Gasteiger partial charge in [-0.25, -0.2) is 0 Å². The standard InChI is InChI=1S/C10H18N2OS.3C2H6/c1-11-6-3-5-10(8-11)12(2)9(13)4-7-14-10;3*1-2/h3-8H2,1-2H3;3*1-2H3. The van der Waals surface area contributed by atoms with E-state index >= 15 is 0 Å². The summed E-state index contributed by atoms with van der Waals surface area (Å²) < 4.78 is 0. The average Bonchev–Trinajstić information content (AvgIpc) is 2.51. The van der Waals surface area contributed by atoms with Gasteiger partial charge in [0.25, 0.3) is 0 Å². The Morgan fingerprint density at radius 3 is 2.10 bits per heavy atom. The number of rotatable bonds is 0. The van der Waals surface area contributed by atoms with E-state index < -0.39 is 0 Å². The van der Waals surface area contributed by atoms with Crippen LogP contribution in [0.15, 0.2) is 0 Å². The second-order valence-corrected chi connectivity index (χ2v) is 5.80. The number of likely N-dealkylation sites (N-methyl/N-ethyl adjacent to an activating group) is 2. The molecule has 0 bridgehead atoms. The molecule has 0 aliphatic carbocycles. The van der Waals surface area contributed by atoms with Crippen molar-refractivity contribution in [2.45, 2.75) is 65.7 Å². The van der Waals surface area contributed by atoms with Crippen LogP contribution in [0, 0.1) is 0 Å². The van der Waals surface area contributed by atoms with Crippen LogP contribution in [-0.4, -0.2) is 53.5 Å². The van der Waals surface area contributed by atoms with Gasteiger partial charge in [0.15, 0.2) is 0 Å². The van der Waals surface area contributed by atoms with Crippen LogP contribution in [0.1, 0.15) is 60.8 Å². The average molecular weight is 305 g/mol. The van der Waals surface area contributed by atoms with Gasteiger partial charge in [-0.3, -0.25) is 4.79 Å². The molecule has 0 N–H and O–H groups in total. The molecule has 1 atom stereocenters. The van der Waals surface area contributed by atoms with Gasteiger partial charge in [0, 0.05) is 25.8 Å². The molecule has 0 radical (unpaired) electrons. The van der Waals surface area contributed by atoms with E-state index in [4.69, 9.17) is 0 Å². The second-order valence-electron chi connectivity index (χ2n) is 4.34. The van der Waals surface area contributed by atoms with Crippen molar-refractivity contribution in [3.05, 3.63) is 0 Å². The Labute approximate surface area is 131 Å². The zero-order valence-corrected chi connectivity index (χ0v) is 15.8. The molecule has 20 heavy (non-hydrogen) atoms. The molecule has 2 saturated heterocycles. The maximum atomic E-state index is 11.7. The summed E-state index contributed by atoms with van der Waals surface area (Å²) in [5.74, 6) is 1.32. The van der Waals surface area contributed by atoms with Crippen molar-refractivity contribution in [1.82, 2.24) is 9.80 Å². The van der Waals surface area contributed by atoms with Gasteiger partial charge >= 0.3 is 0 Å². The molecule has 0 saturated carbocycles. The lowest BCUT2D eigenvalue weighted by molar-refractivity contribution is -0.134. The van der Waals surface area contributed by atoms with E-state index in [1.54, 1.807) is 0 Å². The van der Waals surface area contributed by atoms with Gasteiger partial charge in [-0.05, 0) is 26.4 Å². The summed E-state index contributed by atoms with van der Waals surface area (Å²) >= 11 is 1.97. The molecule has 0 aromatic heterocycles. The van der Waals surface area contributed by atoms with Gasteiger partial charge in [-0.15, -0.1) is 11.8 Å². The lowest BCUT2D eigenvalue weighted by Crippen LogP contribution is -2.58. The Balaban J connectivity index is 0. The molecule has 1 unspecified atom stereocenters. The van der Waals surface area contributed by atoms with E-state index in [0.717, 1.165) is 18.7 Å². The second kappa shape index (κ2) is 12.5. The van der Waals surface area contributed by atoms with Crippen molar-refractivity contribution in [3.8, 4) is 0 Å². The minimum absolute atomic E-state index is 0.0856. The van der Waals surface area contributed by atoms with Crippen LogP contribution >= 0.6 is 11.8 Å². The summed E-state index contributed by atoms with van der Waals surface area (Å²) in [5.41, 5.74) is 0. The minimum Gasteiger partial charge on any atom is -0.330 e. The first-order valence-electron chi connectivity index (χ1n) is 8.23. The Bertz CT molecular complexity index is 245. The zero-order valence-electron chi connectivity index (χ0n) is 15.0. The fourth-order valence-corrected chi connectivity index (χ4v) is 3.97. The molecule has 4 heteroatoms. The van der Waals surface area contributed by atoms with Crippen molar-refractivity contribution in [2.75, 3.05) is 32.9 Å². The molecule has 122 valence electrons. The monoisotopic (exact) mass is 304 g/mol. The quantitative estimate of drug-likeness (QED) is 0.673. The molecule has 0 aromatic rings. The third-order valence-electron chi connectivity index (χ3n) is 3.30. The van der Waals surface area contributed by atoms with Gasteiger partial charge in [-0.1, -0.05) is 41.5 Å². The topological polar surface area (TPSA) is 23.6 Å².